The Hall–Kier alpha value is -2.90. The number of rotatable bonds is 1. The Morgan fingerprint density at radius 1 is 1.38 bits per heavy atom. The number of allylic oxidation sites excluding steroid dienone is 3. The third kappa shape index (κ3) is 1.85. The first-order valence-corrected chi connectivity index (χ1v) is 7.56. The number of Topliss-reactive ketones (excluding diaryl/α,β-unsaturated/α-hetero) is 2. The van der Waals surface area contributed by atoms with Crippen molar-refractivity contribution in [3.05, 3.63) is 55.9 Å². The Bertz CT molecular complexity index is 845. The van der Waals surface area contributed by atoms with Gasteiger partial charge in [0.05, 0.1) is 18.0 Å². The van der Waals surface area contributed by atoms with Gasteiger partial charge in [-0.15, -0.1) is 0 Å². The summed E-state index contributed by atoms with van der Waals surface area (Å²) in [5, 5.41) is 21.5. The zero-order chi connectivity index (χ0) is 17.2. The highest BCUT2D eigenvalue weighted by Gasteiger charge is 2.51. The van der Waals surface area contributed by atoms with Crippen molar-refractivity contribution in [3.8, 4) is 0 Å². The average molecular weight is 330 g/mol. The lowest BCUT2D eigenvalue weighted by Gasteiger charge is -2.42. The van der Waals surface area contributed by atoms with E-state index in [4.69, 9.17) is 4.74 Å². The molecular formula is C16H14N2O6. The van der Waals surface area contributed by atoms with E-state index in [9.17, 15) is 24.8 Å². The third-order valence-corrected chi connectivity index (χ3v) is 4.73. The van der Waals surface area contributed by atoms with E-state index in [2.05, 4.69) is 0 Å². The standard InChI is InChI=1S/C16H14N2O6/c1-7-2-3-8-5-17-6-11(20)15(21)12-13(17)9(16(8)24-7)4-10(19)14(12)18(22)23/h2,14,21H,3-6H2,1H3. The molecule has 0 aromatic rings. The zero-order valence-electron chi connectivity index (χ0n) is 12.9. The highest BCUT2D eigenvalue weighted by Crippen LogP contribution is 2.45. The van der Waals surface area contributed by atoms with Crippen molar-refractivity contribution in [3.63, 3.8) is 0 Å². The minimum absolute atomic E-state index is 0.0632. The number of carbonyl (C=O) groups is 2. The van der Waals surface area contributed by atoms with E-state index in [1.165, 1.54) is 0 Å². The summed E-state index contributed by atoms with van der Waals surface area (Å²) in [4.78, 5) is 36.7. The lowest BCUT2D eigenvalue weighted by atomic mass is 9.79. The maximum absolute atomic E-state index is 12.4. The van der Waals surface area contributed by atoms with Crippen LogP contribution in [0.1, 0.15) is 19.8 Å². The molecule has 0 amide bonds. The summed E-state index contributed by atoms with van der Waals surface area (Å²) >= 11 is 0. The molecule has 3 aliphatic heterocycles. The van der Waals surface area contributed by atoms with Gasteiger partial charge in [0.15, 0.2) is 5.76 Å². The molecule has 0 spiro atoms. The normalized spacial score (nSPS) is 26.1. The van der Waals surface area contributed by atoms with Crippen molar-refractivity contribution >= 4 is 11.6 Å². The molecule has 124 valence electrons. The first-order chi connectivity index (χ1) is 11.4. The molecule has 1 atom stereocenters. The fraction of sp³-hybridized carbons (Fsp3) is 0.375. The smallest absolute Gasteiger partial charge is 0.301 e. The average Bonchev–Trinajstić information content (AvgIpc) is 2.52. The van der Waals surface area contributed by atoms with Crippen LogP contribution in [0.25, 0.3) is 0 Å². The molecule has 0 aromatic carbocycles. The predicted octanol–water partition coefficient (Wildman–Crippen LogP) is 1.15. The van der Waals surface area contributed by atoms with Gasteiger partial charge in [-0.3, -0.25) is 19.7 Å². The van der Waals surface area contributed by atoms with E-state index in [1.54, 1.807) is 11.8 Å². The molecular weight excluding hydrogens is 316 g/mol. The minimum Gasteiger partial charge on any atom is -0.504 e. The second-order valence-electron chi connectivity index (χ2n) is 6.25. The molecule has 24 heavy (non-hydrogen) atoms. The Balaban J connectivity index is 1.96. The van der Waals surface area contributed by atoms with Crippen LogP contribution in [0.15, 0.2) is 45.8 Å². The fourth-order valence-electron chi connectivity index (χ4n) is 3.71. The molecule has 0 bridgehead atoms. The first-order valence-electron chi connectivity index (χ1n) is 7.56. The van der Waals surface area contributed by atoms with E-state index >= 15 is 0 Å². The van der Waals surface area contributed by atoms with Crippen molar-refractivity contribution in [2.24, 2.45) is 0 Å². The van der Waals surface area contributed by atoms with Gasteiger partial charge in [-0.05, 0) is 25.0 Å². The molecule has 0 fully saturated rings. The molecule has 4 aliphatic rings. The van der Waals surface area contributed by atoms with Gasteiger partial charge in [0, 0.05) is 23.5 Å². The van der Waals surface area contributed by atoms with Crippen LogP contribution in [0.3, 0.4) is 0 Å². The Labute approximate surface area is 136 Å². The van der Waals surface area contributed by atoms with E-state index in [1.807, 2.05) is 6.08 Å². The zero-order valence-corrected chi connectivity index (χ0v) is 12.9. The molecule has 1 aliphatic carbocycles. The number of nitro groups is 1. The monoisotopic (exact) mass is 330 g/mol. The van der Waals surface area contributed by atoms with Crippen LogP contribution in [0.2, 0.25) is 0 Å². The van der Waals surface area contributed by atoms with Crippen molar-refractivity contribution in [1.29, 1.82) is 0 Å². The lowest BCUT2D eigenvalue weighted by Crippen LogP contribution is -2.49. The van der Waals surface area contributed by atoms with Crippen LogP contribution in [0.5, 0.6) is 0 Å². The van der Waals surface area contributed by atoms with E-state index < -0.39 is 28.3 Å². The molecule has 0 radical (unpaired) electrons. The van der Waals surface area contributed by atoms with Gasteiger partial charge in [0.1, 0.15) is 11.3 Å². The van der Waals surface area contributed by atoms with Crippen LogP contribution < -0.4 is 0 Å². The molecule has 0 saturated heterocycles. The van der Waals surface area contributed by atoms with Crippen LogP contribution >= 0.6 is 0 Å². The number of nitrogens with zero attached hydrogens (tertiary/aromatic N) is 2. The third-order valence-electron chi connectivity index (χ3n) is 4.73. The molecule has 0 aromatic heterocycles. The number of ketones is 2. The Kier molecular flexibility index (Phi) is 2.93. The number of aliphatic hydroxyl groups excluding tert-OH is 1. The quantitative estimate of drug-likeness (QED) is 0.567. The summed E-state index contributed by atoms with van der Waals surface area (Å²) in [7, 11) is 0. The lowest BCUT2D eigenvalue weighted by molar-refractivity contribution is -0.498. The van der Waals surface area contributed by atoms with E-state index in [0.717, 1.165) is 5.57 Å². The molecule has 1 N–H and O–H groups in total. The van der Waals surface area contributed by atoms with Crippen LogP contribution in [-0.4, -0.2) is 45.6 Å². The molecule has 1 unspecified atom stereocenters. The Morgan fingerprint density at radius 3 is 2.83 bits per heavy atom. The number of hydrogen-bond donors (Lipinski definition) is 1. The summed E-state index contributed by atoms with van der Waals surface area (Å²) in [6.45, 7) is 2.12. The van der Waals surface area contributed by atoms with E-state index in [-0.39, 0.29) is 18.5 Å². The first kappa shape index (κ1) is 14.7. The summed E-state index contributed by atoms with van der Waals surface area (Å²) in [6, 6.07) is -1.71. The van der Waals surface area contributed by atoms with Crippen molar-refractivity contribution in [2.75, 3.05) is 13.1 Å². The maximum Gasteiger partial charge on any atom is 0.301 e. The number of fused-ring (bicyclic) bond motifs is 1. The van der Waals surface area contributed by atoms with Crippen molar-refractivity contribution < 1.29 is 24.4 Å². The molecule has 0 saturated carbocycles. The highest BCUT2D eigenvalue weighted by molar-refractivity contribution is 6.02. The van der Waals surface area contributed by atoms with Gasteiger partial charge < -0.3 is 14.7 Å². The summed E-state index contributed by atoms with van der Waals surface area (Å²) in [5.74, 6) is -0.695. The van der Waals surface area contributed by atoms with Gasteiger partial charge in [-0.1, -0.05) is 0 Å². The maximum atomic E-state index is 12.4. The summed E-state index contributed by atoms with van der Waals surface area (Å²) in [6.07, 6.45) is 2.41. The fourth-order valence-corrected chi connectivity index (χ4v) is 3.71. The Morgan fingerprint density at radius 2 is 2.12 bits per heavy atom. The second-order valence-corrected chi connectivity index (χ2v) is 6.25. The molecule has 4 rings (SSSR count). The summed E-state index contributed by atoms with van der Waals surface area (Å²) < 4.78 is 5.78. The van der Waals surface area contributed by atoms with Crippen molar-refractivity contribution in [2.45, 2.75) is 25.8 Å². The number of ether oxygens (including phenoxy) is 1. The SMILES string of the molecule is CC1=CCC2=C(O1)C1=C3C(=C(O)C(=O)CN3C2)C([N+](=O)[O-])C(=O)C1. The number of aliphatic hydroxyl groups is 1. The van der Waals surface area contributed by atoms with Crippen LogP contribution in [0, 0.1) is 10.1 Å². The largest absolute Gasteiger partial charge is 0.504 e. The predicted molar refractivity (Wildman–Crippen MR) is 80.2 cm³/mol. The van der Waals surface area contributed by atoms with Crippen LogP contribution in [0.4, 0.5) is 0 Å². The highest BCUT2D eigenvalue weighted by atomic mass is 16.6. The second kappa shape index (κ2) is 4.80. The molecule has 8 nitrogen and oxygen atoms in total. The van der Waals surface area contributed by atoms with Crippen LogP contribution in [-0.2, 0) is 14.3 Å². The van der Waals surface area contributed by atoms with E-state index in [0.29, 0.717) is 35.8 Å². The summed E-state index contributed by atoms with van der Waals surface area (Å²) in [5.41, 5.74) is 1.67. The minimum atomic E-state index is -1.71. The van der Waals surface area contributed by atoms with Gasteiger partial charge >= 0.3 is 6.04 Å². The van der Waals surface area contributed by atoms with Gasteiger partial charge in [0.25, 0.3) is 0 Å². The topological polar surface area (TPSA) is 110 Å². The van der Waals surface area contributed by atoms with Gasteiger partial charge in [0.2, 0.25) is 11.6 Å². The molecule has 8 heteroatoms. The number of hydrogen-bond acceptors (Lipinski definition) is 7. The van der Waals surface area contributed by atoms with Gasteiger partial charge in [-0.25, -0.2) is 0 Å². The molecule has 3 heterocycles. The van der Waals surface area contributed by atoms with Gasteiger partial charge in [-0.2, -0.15) is 0 Å². The number of carbonyl (C=O) groups excluding carboxylic acids is 2. The van der Waals surface area contributed by atoms with Crippen molar-refractivity contribution in [1.82, 2.24) is 4.90 Å².